The third-order valence-corrected chi connectivity index (χ3v) is 2.56. The normalized spacial score (nSPS) is 12.4. The lowest BCUT2D eigenvalue weighted by Crippen LogP contribution is -2.05. The van der Waals surface area contributed by atoms with Crippen molar-refractivity contribution in [3.05, 3.63) is 17.8 Å². The Morgan fingerprint density at radius 2 is 2.43 bits per heavy atom. The minimum Gasteiger partial charge on any atom is -0.481 e. The van der Waals surface area contributed by atoms with E-state index in [2.05, 4.69) is 10.2 Å². The first-order valence-corrected chi connectivity index (χ1v) is 5.13. The average Bonchev–Trinajstić information content (AvgIpc) is 2.01. The van der Waals surface area contributed by atoms with Crippen LogP contribution in [0.1, 0.15) is 18.9 Å². The number of hydrogen-bond donors (Lipinski definition) is 1. The summed E-state index contributed by atoms with van der Waals surface area (Å²) in [6.07, 6.45) is 1.81. The van der Waals surface area contributed by atoms with Crippen LogP contribution in [0.3, 0.4) is 0 Å². The number of aromatic nitrogens is 2. The van der Waals surface area contributed by atoms with Crippen LogP contribution < -0.4 is 0 Å². The van der Waals surface area contributed by atoms with Gasteiger partial charge in [-0.2, -0.15) is 5.10 Å². The summed E-state index contributed by atoms with van der Waals surface area (Å²) in [6.45, 7) is 3.80. The van der Waals surface area contributed by atoms with Crippen LogP contribution in [0.2, 0.25) is 0 Å². The monoisotopic (exact) mass is 212 g/mol. The van der Waals surface area contributed by atoms with Crippen LogP contribution in [0.15, 0.2) is 17.3 Å². The summed E-state index contributed by atoms with van der Waals surface area (Å²) in [4.78, 5) is 10.4. The van der Waals surface area contributed by atoms with Crippen LogP contribution in [-0.2, 0) is 4.79 Å². The van der Waals surface area contributed by atoms with Gasteiger partial charge in [0.15, 0.2) is 0 Å². The molecular formula is C9H12N2O2S. The third-order valence-electron chi connectivity index (χ3n) is 1.55. The second kappa shape index (κ2) is 4.95. The van der Waals surface area contributed by atoms with Crippen molar-refractivity contribution in [3.63, 3.8) is 0 Å². The van der Waals surface area contributed by atoms with E-state index in [9.17, 15) is 4.79 Å². The first kappa shape index (κ1) is 11.0. The largest absolute Gasteiger partial charge is 0.481 e. The minimum absolute atomic E-state index is 0.0172. The number of carbonyl (C=O) groups is 1. The van der Waals surface area contributed by atoms with Crippen molar-refractivity contribution in [1.29, 1.82) is 0 Å². The van der Waals surface area contributed by atoms with E-state index in [1.807, 2.05) is 19.9 Å². The fourth-order valence-corrected chi connectivity index (χ4v) is 1.98. The zero-order valence-electron chi connectivity index (χ0n) is 8.10. The number of carboxylic acid groups (broad SMARTS) is 1. The number of hydrogen-bond acceptors (Lipinski definition) is 4. The standard InChI is InChI=1S/C9H12N2O2S/c1-6-3-8(11-10-5-6)14-7(2)4-9(12)13/h3,5,7H,4H2,1-2H3,(H,12,13). The molecule has 4 nitrogen and oxygen atoms in total. The maximum absolute atomic E-state index is 10.4. The van der Waals surface area contributed by atoms with E-state index in [0.29, 0.717) is 0 Å². The van der Waals surface area contributed by atoms with Crippen LogP contribution in [0, 0.1) is 6.92 Å². The molecule has 14 heavy (non-hydrogen) atoms. The lowest BCUT2D eigenvalue weighted by atomic mass is 10.3. The molecule has 0 saturated heterocycles. The van der Waals surface area contributed by atoms with Crippen molar-refractivity contribution >= 4 is 17.7 Å². The second-order valence-electron chi connectivity index (χ2n) is 3.10. The van der Waals surface area contributed by atoms with Gasteiger partial charge in [0.1, 0.15) is 5.03 Å². The van der Waals surface area contributed by atoms with E-state index in [0.717, 1.165) is 10.6 Å². The molecule has 0 amide bonds. The Kier molecular flexibility index (Phi) is 3.88. The molecule has 1 aromatic rings. The van der Waals surface area contributed by atoms with Crippen LogP contribution in [0.4, 0.5) is 0 Å². The van der Waals surface area contributed by atoms with Crippen LogP contribution >= 0.6 is 11.8 Å². The lowest BCUT2D eigenvalue weighted by molar-refractivity contribution is -0.136. The van der Waals surface area contributed by atoms with Gasteiger partial charge in [-0.1, -0.05) is 6.92 Å². The molecule has 0 spiro atoms. The van der Waals surface area contributed by atoms with Gasteiger partial charge in [-0.25, -0.2) is 0 Å². The van der Waals surface area contributed by atoms with Crippen LogP contribution in [0.5, 0.6) is 0 Å². The summed E-state index contributed by atoms with van der Waals surface area (Å²) < 4.78 is 0. The molecule has 0 bridgehead atoms. The molecule has 76 valence electrons. The van der Waals surface area contributed by atoms with Gasteiger partial charge in [-0.15, -0.1) is 16.9 Å². The highest BCUT2D eigenvalue weighted by molar-refractivity contribution is 7.99. The Balaban J connectivity index is 2.55. The van der Waals surface area contributed by atoms with Crippen molar-refractivity contribution in [2.75, 3.05) is 0 Å². The van der Waals surface area contributed by atoms with Gasteiger partial charge in [-0.3, -0.25) is 4.79 Å². The highest BCUT2D eigenvalue weighted by atomic mass is 32.2. The van der Waals surface area contributed by atoms with Gasteiger partial charge in [-0.05, 0) is 18.6 Å². The predicted octanol–water partition coefficient (Wildman–Crippen LogP) is 1.74. The topological polar surface area (TPSA) is 63.1 Å². The summed E-state index contributed by atoms with van der Waals surface area (Å²) >= 11 is 1.43. The quantitative estimate of drug-likeness (QED) is 0.770. The van der Waals surface area contributed by atoms with E-state index in [1.165, 1.54) is 11.8 Å². The molecule has 0 aliphatic rings. The first-order chi connectivity index (χ1) is 6.58. The second-order valence-corrected chi connectivity index (χ2v) is 4.56. The Morgan fingerprint density at radius 1 is 1.71 bits per heavy atom. The smallest absolute Gasteiger partial charge is 0.304 e. The number of carboxylic acids is 1. The van der Waals surface area contributed by atoms with Gasteiger partial charge >= 0.3 is 5.97 Å². The summed E-state index contributed by atoms with van der Waals surface area (Å²) in [5, 5.41) is 17.1. The van der Waals surface area contributed by atoms with Crippen molar-refractivity contribution < 1.29 is 9.90 Å². The number of rotatable bonds is 4. The molecule has 0 aliphatic heterocycles. The summed E-state index contributed by atoms with van der Waals surface area (Å²) in [5.41, 5.74) is 1.03. The SMILES string of the molecule is Cc1cnnc(SC(C)CC(=O)O)c1. The van der Waals surface area contributed by atoms with Gasteiger partial charge < -0.3 is 5.11 Å². The number of aryl methyl sites for hydroxylation is 1. The van der Waals surface area contributed by atoms with E-state index in [1.54, 1.807) is 6.20 Å². The van der Waals surface area contributed by atoms with Crippen molar-refractivity contribution in [1.82, 2.24) is 10.2 Å². The third kappa shape index (κ3) is 3.74. The molecule has 1 N–H and O–H groups in total. The van der Waals surface area contributed by atoms with E-state index in [-0.39, 0.29) is 11.7 Å². The van der Waals surface area contributed by atoms with Crippen molar-refractivity contribution in [2.45, 2.75) is 30.5 Å². The highest BCUT2D eigenvalue weighted by Gasteiger charge is 2.10. The number of aliphatic carboxylic acids is 1. The van der Waals surface area contributed by atoms with Crippen molar-refractivity contribution in [2.24, 2.45) is 0 Å². The first-order valence-electron chi connectivity index (χ1n) is 4.25. The van der Waals surface area contributed by atoms with E-state index < -0.39 is 5.97 Å². The Morgan fingerprint density at radius 3 is 3.00 bits per heavy atom. The van der Waals surface area contributed by atoms with Gasteiger partial charge in [0, 0.05) is 5.25 Å². The van der Waals surface area contributed by atoms with E-state index in [4.69, 9.17) is 5.11 Å². The molecule has 0 aliphatic carbocycles. The molecule has 1 heterocycles. The molecule has 0 aromatic carbocycles. The Bertz CT molecular complexity index is 330. The average molecular weight is 212 g/mol. The van der Waals surface area contributed by atoms with Gasteiger partial charge in [0.25, 0.3) is 0 Å². The Hall–Kier alpha value is -1.10. The zero-order chi connectivity index (χ0) is 10.6. The molecule has 1 atom stereocenters. The summed E-state index contributed by atoms with van der Waals surface area (Å²) in [7, 11) is 0. The van der Waals surface area contributed by atoms with Gasteiger partial charge in [0.05, 0.1) is 12.6 Å². The Labute approximate surface area is 86.7 Å². The molecule has 5 heteroatoms. The molecular weight excluding hydrogens is 200 g/mol. The molecule has 1 aromatic heterocycles. The molecule has 1 unspecified atom stereocenters. The van der Waals surface area contributed by atoms with E-state index >= 15 is 0 Å². The fourth-order valence-electron chi connectivity index (χ4n) is 0.989. The highest BCUT2D eigenvalue weighted by Crippen LogP contribution is 2.22. The maximum atomic E-state index is 10.4. The minimum atomic E-state index is -0.786. The number of thioether (sulfide) groups is 1. The lowest BCUT2D eigenvalue weighted by Gasteiger charge is -2.06. The summed E-state index contributed by atoms with van der Waals surface area (Å²) in [6, 6.07) is 1.90. The van der Waals surface area contributed by atoms with Crippen molar-refractivity contribution in [3.8, 4) is 0 Å². The maximum Gasteiger partial charge on any atom is 0.304 e. The molecule has 0 radical (unpaired) electrons. The predicted molar refractivity (Wildman–Crippen MR) is 54.3 cm³/mol. The molecule has 0 fully saturated rings. The fraction of sp³-hybridized carbons (Fsp3) is 0.444. The van der Waals surface area contributed by atoms with Crippen LogP contribution in [-0.4, -0.2) is 26.5 Å². The summed E-state index contributed by atoms with van der Waals surface area (Å²) in [5.74, 6) is -0.786. The molecule has 0 saturated carbocycles. The number of nitrogens with zero attached hydrogens (tertiary/aromatic N) is 2. The zero-order valence-corrected chi connectivity index (χ0v) is 8.91. The van der Waals surface area contributed by atoms with Gasteiger partial charge in [0.2, 0.25) is 0 Å². The molecule has 1 rings (SSSR count). The van der Waals surface area contributed by atoms with Crippen LogP contribution in [0.25, 0.3) is 0 Å².